The molecule has 34 heavy (non-hydrogen) atoms. The van der Waals surface area contributed by atoms with Crippen molar-refractivity contribution < 1.29 is 19.1 Å². The molecule has 176 valence electrons. The van der Waals surface area contributed by atoms with Crippen molar-refractivity contribution in [2.75, 3.05) is 11.9 Å². The molecule has 0 radical (unpaired) electrons. The number of hydrogen-bond acceptors (Lipinski definition) is 5. The molecule has 0 fully saturated rings. The molecule has 0 unspecified atom stereocenters. The van der Waals surface area contributed by atoms with Gasteiger partial charge in [-0.05, 0) is 48.4 Å². The molecule has 0 saturated carbocycles. The van der Waals surface area contributed by atoms with E-state index in [2.05, 4.69) is 15.8 Å². The van der Waals surface area contributed by atoms with E-state index in [0.29, 0.717) is 35.4 Å². The second-order valence-electron chi connectivity index (χ2n) is 7.23. The van der Waals surface area contributed by atoms with Gasteiger partial charge in [-0.15, -0.1) is 0 Å². The number of nitrogens with zero attached hydrogens (tertiary/aromatic N) is 1. The van der Waals surface area contributed by atoms with Crippen LogP contribution in [0, 0.1) is 0 Å². The van der Waals surface area contributed by atoms with Gasteiger partial charge in [0, 0.05) is 12.8 Å². The van der Waals surface area contributed by atoms with Crippen molar-refractivity contribution in [3.63, 3.8) is 0 Å². The van der Waals surface area contributed by atoms with E-state index in [4.69, 9.17) is 21.1 Å². The van der Waals surface area contributed by atoms with Crippen LogP contribution in [0.25, 0.3) is 0 Å². The molecule has 2 amide bonds. The first kappa shape index (κ1) is 24.8. The highest BCUT2D eigenvalue weighted by Crippen LogP contribution is 2.29. The Morgan fingerprint density at radius 1 is 0.912 bits per heavy atom. The Morgan fingerprint density at radius 3 is 2.41 bits per heavy atom. The van der Waals surface area contributed by atoms with Crippen LogP contribution >= 0.6 is 11.6 Å². The second-order valence-corrected chi connectivity index (χ2v) is 7.64. The highest BCUT2D eigenvalue weighted by Gasteiger charge is 2.09. The quantitative estimate of drug-likeness (QED) is 0.292. The molecule has 0 aromatic heterocycles. The van der Waals surface area contributed by atoms with Gasteiger partial charge in [-0.25, -0.2) is 5.43 Å². The van der Waals surface area contributed by atoms with Gasteiger partial charge in [0.15, 0.2) is 11.5 Å². The molecule has 0 saturated heterocycles. The van der Waals surface area contributed by atoms with Crippen LogP contribution in [0.4, 0.5) is 5.69 Å². The highest BCUT2D eigenvalue weighted by molar-refractivity contribution is 6.33. The summed E-state index contributed by atoms with van der Waals surface area (Å²) in [6.45, 7) is 2.80. The fraction of sp³-hybridized carbons (Fsp3) is 0.192. The zero-order chi connectivity index (χ0) is 24.2. The Kier molecular flexibility index (Phi) is 9.49. The van der Waals surface area contributed by atoms with Gasteiger partial charge in [-0.1, -0.05) is 54.1 Å². The van der Waals surface area contributed by atoms with Crippen molar-refractivity contribution in [3.8, 4) is 11.5 Å². The Bertz CT molecular complexity index is 1140. The lowest BCUT2D eigenvalue weighted by Gasteiger charge is -2.12. The minimum Gasteiger partial charge on any atom is -0.490 e. The summed E-state index contributed by atoms with van der Waals surface area (Å²) in [6, 6.07) is 22.2. The van der Waals surface area contributed by atoms with Crippen LogP contribution in [0.3, 0.4) is 0 Å². The van der Waals surface area contributed by atoms with Crippen LogP contribution in [-0.4, -0.2) is 24.6 Å². The van der Waals surface area contributed by atoms with Crippen LogP contribution in [0.1, 0.15) is 30.9 Å². The number of benzene rings is 3. The standard InChI is InChI=1S/C26H26ClN3O4/c1-2-33-24-16-20(12-13-23(24)34-18-19-8-4-3-5-9-19)17-28-30-26(32)15-14-25(31)29-22-11-7-6-10-21(22)27/h3-13,16-17H,2,14-15,18H2,1H3,(H,29,31)(H,30,32). The summed E-state index contributed by atoms with van der Waals surface area (Å²) in [7, 11) is 0. The number of amides is 2. The molecule has 8 heteroatoms. The molecule has 0 spiro atoms. The number of nitrogens with one attached hydrogen (secondary N) is 2. The van der Waals surface area contributed by atoms with Crippen LogP contribution in [-0.2, 0) is 16.2 Å². The van der Waals surface area contributed by atoms with Gasteiger partial charge in [0.1, 0.15) is 6.61 Å². The van der Waals surface area contributed by atoms with Crippen molar-refractivity contribution in [1.29, 1.82) is 0 Å². The minimum absolute atomic E-state index is 0.00845. The molecule has 3 rings (SSSR count). The molecule has 0 bridgehead atoms. The first-order valence-electron chi connectivity index (χ1n) is 10.8. The molecule has 0 heterocycles. The zero-order valence-electron chi connectivity index (χ0n) is 18.8. The third-order valence-corrected chi connectivity index (χ3v) is 4.96. The molecular weight excluding hydrogens is 454 g/mol. The lowest BCUT2D eigenvalue weighted by molar-refractivity contribution is -0.124. The number of hydrazone groups is 1. The molecule has 0 aliphatic rings. The van der Waals surface area contributed by atoms with E-state index in [9.17, 15) is 9.59 Å². The molecule has 7 nitrogen and oxygen atoms in total. The summed E-state index contributed by atoms with van der Waals surface area (Å²) in [5, 5.41) is 7.08. The van der Waals surface area contributed by atoms with Crippen LogP contribution in [0.5, 0.6) is 11.5 Å². The van der Waals surface area contributed by atoms with Gasteiger partial charge in [-0.2, -0.15) is 5.10 Å². The SMILES string of the molecule is CCOc1cc(C=NNC(=O)CCC(=O)Nc2ccccc2Cl)ccc1OCc1ccccc1. The predicted molar refractivity (Wildman–Crippen MR) is 133 cm³/mol. The van der Waals surface area contributed by atoms with Gasteiger partial charge < -0.3 is 14.8 Å². The van der Waals surface area contributed by atoms with Crippen molar-refractivity contribution in [3.05, 3.63) is 88.9 Å². The van der Waals surface area contributed by atoms with Crippen molar-refractivity contribution in [1.82, 2.24) is 5.43 Å². The second kappa shape index (κ2) is 13.0. The number of rotatable bonds is 11. The van der Waals surface area contributed by atoms with Crippen molar-refractivity contribution in [2.45, 2.75) is 26.4 Å². The van der Waals surface area contributed by atoms with E-state index in [1.54, 1.807) is 36.4 Å². The topological polar surface area (TPSA) is 89.0 Å². The van der Waals surface area contributed by atoms with E-state index >= 15 is 0 Å². The fourth-order valence-electron chi connectivity index (χ4n) is 2.96. The Balaban J connectivity index is 1.49. The van der Waals surface area contributed by atoms with Crippen LogP contribution in [0.2, 0.25) is 5.02 Å². The van der Waals surface area contributed by atoms with Crippen LogP contribution < -0.4 is 20.2 Å². The molecule has 0 atom stereocenters. The third kappa shape index (κ3) is 7.94. The lowest BCUT2D eigenvalue weighted by atomic mass is 10.2. The van der Waals surface area contributed by atoms with E-state index in [-0.39, 0.29) is 24.7 Å². The lowest BCUT2D eigenvalue weighted by Crippen LogP contribution is -2.20. The molecule has 0 aliphatic heterocycles. The number of para-hydroxylation sites is 1. The van der Waals surface area contributed by atoms with Gasteiger partial charge in [0.05, 0.1) is 23.5 Å². The van der Waals surface area contributed by atoms with E-state index < -0.39 is 0 Å². The molecule has 0 aliphatic carbocycles. The first-order chi connectivity index (χ1) is 16.5. The minimum atomic E-state index is -0.376. The van der Waals surface area contributed by atoms with Gasteiger partial charge in [-0.3, -0.25) is 9.59 Å². The maximum atomic E-state index is 12.0. The average molecular weight is 480 g/mol. The number of halogens is 1. The van der Waals surface area contributed by atoms with E-state index in [1.807, 2.05) is 43.3 Å². The number of carbonyl (C=O) groups excluding carboxylic acids is 2. The first-order valence-corrected chi connectivity index (χ1v) is 11.2. The maximum absolute atomic E-state index is 12.0. The number of anilines is 1. The normalized spacial score (nSPS) is 10.6. The van der Waals surface area contributed by atoms with Crippen LogP contribution in [0.15, 0.2) is 77.9 Å². The fourth-order valence-corrected chi connectivity index (χ4v) is 3.15. The van der Waals surface area contributed by atoms with Gasteiger partial charge >= 0.3 is 0 Å². The summed E-state index contributed by atoms with van der Waals surface area (Å²) in [6.07, 6.45) is 1.50. The molecule has 3 aromatic rings. The Morgan fingerprint density at radius 2 is 1.65 bits per heavy atom. The largest absolute Gasteiger partial charge is 0.490 e. The van der Waals surface area contributed by atoms with Crippen molar-refractivity contribution in [2.24, 2.45) is 5.10 Å². The van der Waals surface area contributed by atoms with Crippen molar-refractivity contribution >= 4 is 35.3 Å². The molecular formula is C26H26ClN3O4. The summed E-state index contributed by atoms with van der Waals surface area (Å²) >= 11 is 6.01. The Hall–Kier alpha value is -3.84. The molecule has 2 N–H and O–H groups in total. The maximum Gasteiger partial charge on any atom is 0.240 e. The number of ether oxygens (including phenoxy) is 2. The summed E-state index contributed by atoms with van der Waals surface area (Å²) < 4.78 is 11.6. The van der Waals surface area contributed by atoms with Gasteiger partial charge in [0.2, 0.25) is 11.8 Å². The number of hydrogen-bond donors (Lipinski definition) is 2. The van der Waals surface area contributed by atoms with E-state index in [0.717, 1.165) is 11.1 Å². The smallest absolute Gasteiger partial charge is 0.240 e. The zero-order valence-corrected chi connectivity index (χ0v) is 19.5. The highest BCUT2D eigenvalue weighted by atomic mass is 35.5. The van der Waals surface area contributed by atoms with Gasteiger partial charge in [0.25, 0.3) is 0 Å². The summed E-state index contributed by atoms with van der Waals surface area (Å²) in [4.78, 5) is 24.1. The number of carbonyl (C=O) groups is 2. The average Bonchev–Trinajstić information content (AvgIpc) is 2.84. The Labute approximate surface area is 203 Å². The summed E-state index contributed by atoms with van der Waals surface area (Å²) in [5.74, 6) is 0.527. The third-order valence-electron chi connectivity index (χ3n) is 4.63. The van der Waals surface area contributed by atoms with E-state index in [1.165, 1.54) is 6.21 Å². The predicted octanol–water partition coefficient (Wildman–Crippen LogP) is 5.19. The molecule has 3 aromatic carbocycles. The monoisotopic (exact) mass is 479 g/mol. The summed E-state index contributed by atoms with van der Waals surface area (Å²) in [5.41, 5.74) is 4.72.